The van der Waals surface area contributed by atoms with E-state index in [0.29, 0.717) is 22.4 Å². The van der Waals surface area contributed by atoms with Crippen LogP contribution in [0.15, 0.2) is 18.2 Å². The molecule has 2 fully saturated rings. The summed E-state index contributed by atoms with van der Waals surface area (Å²) < 4.78 is 5.29. The third-order valence-corrected chi connectivity index (χ3v) is 5.62. The zero-order valence-corrected chi connectivity index (χ0v) is 15.7. The molecule has 0 bridgehead atoms. The van der Waals surface area contributed by atoms with Gasteiger partial charge >= 0.3 is 5.97 Å². The zero-order valence-electron chi connectivity index (χ0n) is 14.2. The predicted molar refractivity (Wildman–Crippen MR) is 101 cm³/mol. The number of hydrogen-bond donors (Lipinski definition) is 1. The van der Waals surface area contributed by atoms with E-state index in [4.69, 9.17) is 27.9 Å². The number of hydrogen-bond acceptors (Lipinski definition) is 3. The highest BCUT2D eigenvalue weighted by Crippen LogP contribution is 2.38. The number of carbonyl (C=O) groups excluding carboxylic acids is 1. The largest absolute Gasteiger partial charge is 0.458 e. The van der Waals surface area contributed by atoms with Gasteiger partial charge in [-0.05, 0) is 48.1 Å². The van der Waals surface area contributed by atoms with Crippen LogP contribution in [-0.4, -0.2) is 23.3 Å². The summed E-state index contributed by atoms with van der Waals surface area (Å²) in [5, 5.41) is 11.0. The van der Waals surface area contributed by atoms with Crippen LogP contribution in [0.4, 0.5) is 0 Å². The number of ether oxygens (including phenoxy) is 1. The maximum Gasteiger partial charge on any atom is 0.309 e. The molecule has 5 heteroatoms. The fourth-order valence-electron chi connectivity index (χ4n) is 3.84. The summed E-state index contributed by atoms with van der Waals surface area (Å²) in [6.45, 7) is 0. The van der Waals surface area contributed by atoms with Crippen LogP contribution < -0.4 is 0 Å². The van der Waals surface area contributed by atoms with E-state index >= 15 is 0 Å². The summed E-state index contributed by atoms with van der Waals surface area (Å²) in [6.07, 6.45) is 10.5. The van der Waals surface area contributed by atoms with Gasteiger partial charge in [-0.25, -0.2) is 0 Å². The second-order valence-corrected chi connectivity index (χ2v) is 7.90. The van der Waals surface area contributed by atoms with Crippen LogP contribution in [0.5, 0.6) is 0 Å². The first-order valence-corrected chi connectivity index (χ1v) is 9.83. The first kappa shape index (κ1) is 18.8. The molecule has 1 aliphatic heterocycles. The third-order valence-electron chi connectivity index (χ3n) is 5.09. The van der Waals surface area contributed by atoms with E-state index in [1.54, 1.807) is 6.07 Å². The molecule has 1 aromatic carbocycles. The van der Waals surface area contributed by atoms with Crippen LogP contribution in [0, 0.1) is 0 Å². The van der Waals surface area contributed by atoms with Crippen LogP contribution in [0.3, 0.4) is 0 Å². The van der Waals surface area contributed by atoms with Crippen molar-refractivity contribution in [2.45, 2.75) is 69.5 Å². The van der Waals surface area contributed by atoms with Gasteiger partial charge in [-0.3, -0.25) is 4.79 Å². The van der Waals surface area contributed by atoms with Gasteiger partial charge in [0.1, 0.15) is 6.10 Å². The lowest BCUT2D eigenvalue weighted by atomic mass is 9.88. The van der Waals surface area contributed by atoms with Crippen molar-refractivity contribution in [3.63, 3.8) is 0 Å². The number of carbonyl (C=O) groups is 1. The lowest BCUT2D eigenvalue weighted by Crippen LogP contribution is -2.31. The Kier molecular flexibility index (Phi) is 6.43. The fourth-order valence-corrected chi connectivity index (χ4v) is 4.41. The van der Waals surface area contributed by atoms with Crippen LogP contribution in [0.25, 0.3) is 6.08 Å². The summed E-state index contributed by atoms with van der Waals surface area (Å²) >= 11 is 12.7. The van der Waals surface area contributed by atoms with Gasteiger partial charge in [0.05, 0.1) is 12.5 Å². The average molecular weight is 383 g/mol. The van der Waals surface area contributed by atoms with Crippen LogP contribution in [0.2, 0.25) is 10.0 Å². The number of esters is 1. The highest BCUT2D eigenvalue weighted by Gasteiger charge is 2.26. The highest BCUT2D eigenvalue weighted by molar-refractivity contribution is 6.35. The maximum atomic E-state index is 11.5. The van der Waals surface area contributed by atoms with Gasteiger partial charge < -0.3 is 9.84 Å². The Morgan fingerprint density at radius 2 is 1.84 bits per heavy atom. The molecular weight excluding hydrogens is 359 g/mol. The summed E-state index contributed by atoms with van der Waals surface area (Å²) in [5.74, 6) is 0.0949. The lowest BCUT2D eigenvalue weighted by molar-refractivity contribution is -0.156. The molecule has 0 aromatic heterocycles. The molecule has 136 valence electrons. The standard InChI is InChI=1S/C20H24Cl2O3/c21-14-9-18(13-5-3-1-2-4-6-13)17(19(22)10-14)8-7-16-11-15(23)12-20(24)25-16/h7-10,13,15-16,23H,1-6,11-12H2. The smallest absolute Gasteiger partial charge is 0.309 e. The maximum absolute atomic E-state index is 11.5. The van der Waals surface area contributed by atoms with E-state index in [-0.39, 0.29) is 12.4 Å². The molecule has 0 spiro atoms. The topological polar surface area (TPSA) is 46.5 Å². The number of halogens is 2. The minimum absolute atomic E-state index is 0.0688. The van der Waals surface area contributed by atoms with Crippen molar-refractivity contribution in [3.05, 3.63) is 39.4 Å². The Morgan fingerprint density at radius 3 is 2.52 bits per heavy atom. The molecular formula is C20H24Cl2O3. The third kappa shape index (κ3) is 4.99. The molecule has 25 heavy (non-hydrogen) atoms. The molecule has 1 saturated carbocycles. The van der Waals surface area contributed by atoms with Gasteiger partial charge in [0.25, 0.3) is 0 Å². The van der Waals surface area contributed by atoms with Crippen molar-refractivity contribution in [1.29, 1.82) is 0 Å². The Hall–Kier alpha value is -1.03. The minimum Gasteiger partial charge on any atom is -0.458 e. The number of benzene rings is 1. The highest BCUT2D eigenvalue weighted by atomic mass is 35.5. The number of aliphatic hydroxyl groups is 1. The Morgan fingerprint density at radius 1 is 1.12 bits per heavy atom. The second-order valence-electron chi connectivity index (χ2n) is 7.06. The monoisotopic (exact) mass is 382 g/mol. The van der Waals surface area contributed by atoms with Crippen molar-refractivity contribution in [2.75, 3.05) is 0 Å². The minimum atomic E-state index is -0.641. The van der Waals surface area contributed by atoms with Gasteiger partial charge in [0.15, 0.2) is 0 Å². The molecule has 2 aliphatic rings. The van der Waals surface area contributed by atoms with Crippen LogP contribution in [-0.2, 0) is 9.53 Å². The molecule has 3 nitrogen and oxygen atoms in total. The van der Waals surface area contributed by atoms with Crippen molar-refractivity contribution in [3.8, 4) is 0 Å². The Balaban J connectivity index is 1.86. The zero-order chi connectivity index (χ0) is 17.8. The van der Waals surface area contributed by atoms with Gasteiger partial charge in [-0.2, -0.15) is 0 Å². The van der Waals surface area contributed by atoms with E-state index in [0.717, 1.165) is 18.4 Å². The van der Waals surface area contributed by atoms with E-state index in [9.17, 15) is 9.90 Å². The number of rotatable bonds is 3. The molecule has 1 N–H and O–H groups in total. The summed E-state index contributed by atoms with van der Waals surface area (Å²) in [7, 11) is 0. The van der Waals surface area contributed by atoms with Gasteiger partial charge in [0.2, 0.25) is 0 Å². The molecule has 0 amide bonds. The summed E-state index contributed by atoms with van der Waals surface area (Å²) in [6, 6.07) is 3.77. The van der Waals surface area contributed by atoms with Crippen molar-refractivity contribution >= 4 is 35.2 Å². The van der Waals surface area contributed by atoms with E-state index in [1.807, 2.05) is 18.2 Å². The van der Waals surface area contributed by atoms with E-state index in [1.165, 1.54) is 31.2 Å². The molecule has 3 rings (SSSR count). The second kappa shape index (κ2) is 8.57. The summed E-state index contributed by atoms with van der Waals surface area (Å²) in [5.41, 5.74) is 2.13. The van der Waals surface area contributed by atoms with E-state index < -0.39 is 12.2 Å². The van der Waals surface area contributed by atoms with E-state index in [2.05, 4.69) is 0 Å². The Labute approximate surface area is 159 Å². The predicted octanol–water partition coefficient (Wildman–Crippen LogP) is 5.51. The van der Waals surface area contributed by atoms with Crippen LogP contribution in [0.1, 0.15) is 68.4 Å². The normalized spacial score (nSPS) is 25.8. The molecule has 2 atom stereocenters. The number of aliphatic hydroxyl groups excluding tert-OH is 1. The molecule has 0 radical (unpaired) electrons. The number of cyclic esters (lactones) is 1. The first-order chi connectivity index (χ1) is 12.0. The fraction of sp³-hybridized carbons (Fsp3) is 0.550. The lowest BCUT2D eigenvalue weighted by Gasteiger charge is -2.24. The molecule has 1 heterocycles. The van der Waals surface area contributed by atoms with Crippen molar-refractivity contribution in [2.24, 2.45) is 0 Å². The van der Waals surface area contributed by atoms with Crippen molar-refractivity contribution < 1.29 is 14.6 Å². The van der Waals surface area contributed by atoms with Gasteiger partial charge in [-0.15, -0.1) is 0 Å². The molecule has 1 aromatic rings. The quantitative estimate of drug-likeness (QED) is 0.553. The van der Waals surface area contributed by atoms with Gasteiger partial charge in [0, 0.05) is 16.5 Å². The SMILES string of the molecule is O=C1CC(O)CC(C=Cc2c(Cl)cc(Cl)cc2C2CCCCCC2)O1. The average Bonchev–Trinajstić information content (AvgIpc) is 2.81. The first-order valence-electron chi connectivity index (χ1n) is 9.07. The summed E-state index contributed by atoms with van der Waals surface area (Å²) in [4.78, 5) is 11.5. The van der Waals surface area contributed by atoms with Crippen LogP contribution >= 0.6 is 23.2 Å². The Bertz CT molecular complexity index is 649. The van der Waals surface area contributed by atoms with Gasteiger partial charge in [-0.1, -0.05) is 55.0 Å². The molecule has 1 saturated heterocycles. The molecule has 2 unspecified atom stereocenters. The van der Waals surface area contributed by atoms with Crippen molar-refractivity contribution in [1.82, 2.24) is 0 Å². The molecule has 1 aliphatic carbocycles.